The van der Waals surface area contributed by atoms with Gasteiger partial charge in [0.1, 0.15) is 0 Å². The number of nitro benzene ring substituents is 1. The van der Waals surface area contributed by atoms with Crippen molar-refractivity contribution >= 4 is 35.5 Å². The molecule has 0 saturated heterocycles. The SMILES string of the molecule is CCOC(=O)C(/C=C(\C(=O)OC)C(c1ccc([N+](=O)[O-])cc1)C(C(=O)OCC)C(=O)OCC)C(=O)OCC. The summed E-state index contributed by atoms with van der Waals surface area (Å²) in [5, 5.41) is 11.2. The number of rotatable bonds is 14. The number of esters is 5. The van der Waals surface area contributed by atoms with Gasteiger partial charge in [-0.25, -0.2) is 4.79 Å². The van der Waals surface area contributed by atoms with E-state index in [0.717, 1.165) is 25.3 Å². The molecule has 13 heteroatoms. The first-order chi connectivity index (χ1) is 18.1. The smallest absolute Gasteiger partial charge is 0.334 e. The van der Waals surface area contributed by atoms with Gasteiger partial charge in [-0.3, -0.25) is 29.3 Å². The molecule has 0 N–H and O–H groups in total. The van der Waals surface area contributed by atoms with Crippen LogP contribution in [-0.4, -0.2) is 68.3 Å². The van der Waals surface area contributed by atoms with Crippen molar-refractivity contribution in [2.24, 2.45) is 11.8 Å². The lowest BCUT2D eigenvalue weighted by Gasteiger charge is -2.26. The lowest BCUT2D eigenvalue weighted by molar-refractivity contribution is -0.384. The number of nitro groups is 1. The van der Waals surface area contributed by atoms with Crippen molar-refractivity contribution in [2.75, 3.05) is 33.5 Å². The fourth-order valence-corrected chi connectivity index (χ4v) is 3.48. The van der Waals surface area contributed by atoms with Crippen molar-refractivity contribution in [3.05, 3.63) is 51.6 Å². The predicted molar refractivity (Wildman–Crippen MR) is 129 cm³/mol. The van der Waals surface area contributed by atoms with Gasteiger partial charge in [-0.1, -0.05) is 12.1 Å². The fraction of sp³-hybridized carbons (Fsp3) is 0.480. The van der Waals surface area contributed by atoms with Gasteiger partial charge in [-0.15, -0.1) is 0 Å². The minimum absolute atomic E-state index is 0.0600. The molecule has 1 aromatic carbocycles. The van der Waals surface area contributed by atoms with Crippen molar-refractivity contribution in [1.29, 1.82) is 0 Å². The molecule has 0 amide bonds. The molecule has 0 aliphatic heterocycles. The maximum Gasteiger partial charge on any atom is 0.334 e. The Kier molecular flexibility index (Phi) is 13.1. The Morgan fingerprint density at radius 2 is 1.21 bits per heavy atom. The monoisotopic (exact) mass is 537 g/mol. The summed E-state index contributed by atoms with van der Waals surface area (Å²) in [4.78, 5) is 74.9. The van der Waals surface area contributed by atoms with E-state index in [1.807, 2.05) is 0 Å². The van der Waals surface area contributed by atoms with Crippen molar-refractivity contribution in [3.63, 3.8) is 0 Å². The van der Waals surface area contributed by atoms with Crippen LogP contribution in [0.25, 0.3) is 0 Å². The highest BCUT2D eigenvalue weighted by Gasteiger charge is 2.44. The summed E-state index contributed by atoms with van der Waals surface area (Å²) >= 11 is 0. The highest BCUT2D eigenvalue weighted by Crippen LogP contribution is 2.37. The molecule has 0 fully saturated rings. The van der Waals surface area contributed by atoms with Gasteiger partial charge in [0, 0.05) is 23.6 Å². The largest absolute Gasteiger partial charge is 0.466 e. The van der Waals surface area contributed by atoms with Crippen LogP contribution in [0.1, 0.15) is 39.2 Å². The first kappa shape index (κ1) is 31.7. The van der Waals surface area contributed by atoms with Crippen molar-refractivity contribution < 1.29 is 52.6 Å². The predicted octanol–water partition coefficient (Wildman–Crippen LogP) is 2.26. The number of non-ortho nitro benzene ring substituents is 1. The molecule has 1 aromatic rings. The van der Waals surface area contributed by atoms with Crippen molar-refractivity contribution in [1.82, 2.24) is 0 Å². The third-order valence-corrected chi connectivity index (χ3v) is 5.06. The zero-order valence-electron chi connectivity index (χ0n) is 21.8. The third-order valence-electron chi connectivity index (χ3n) is 5.06. The Morgan fingerprint density at radius 3 is 1.58 bits per heavy atom. The number of benzene rings is 1. The molecule has 0 radical (unpaired) electrons. The van der Waals surface area contributed by atoms with E-state index in [-0.39, 0.29) is 37.7 Å². The molecule has 0 aliphatic rings. The standard InChI is InChI=1S/C25H31NO12/c1-6-35-22(28)18(23(29)36-7-2)14-17(21(27)34-5)19(15-10-12-16(13-11-15)26(32)33)20(24(30)37-8-3)25(31)38-9-4/h10-14,18-20H,6-9H2,1-5H3/b17-14-. The van der Waals surface area contributed by atoms with E-state index < -0.39 is 58.1 Å². The Hall–Kier alpha value is -4.29. The quantitative estimate of drug-likeness (QED) is 0.0846. The highest BCUT2D eigenvalue weighted by atomic mass is 16.6. The normalized spacial score (nSPS) is 11.9. The summed E-state index contributed by atoms with van der Waals surface area (Å²) in [5.41, 5.74) is -0.723. The van der Waals surface area contributed by atoms with Crippen LogP contribution >= 0.6 is 0 Å². The van der Waals surface area contributed by atoms with Gasteiger partial charge in [0.05, 0.1) is 38.5 Å². The molecule has 1 unspecified atom stereocenters. The van der Waals surface area contributed by atoms with Crippen LogP contribution < -0.4 is 0 Å². The lowest BCUT2D eigenvalue weighted by atomic mass is 9.78. The van der Waals surface area contributed by atoms with Crippen LogP contribution in [0.4, 0.5) is 5.69 Å². The number of carbonyl (C=O) groups excluding carboxylic acids is 5. The van der Waals surface area contributed by atoms with Crippen LogP contribution in [0.2, 0.25) is 0 Å². The van der Waals surface area contributed by atoms with Gasteiger partial charge >= 0.3 is 29.8 Å². The number of methoxy groups -OCH3 is 1. The van der Waals surface area contributed by atoms with Crippen LogP contribution in [0.5, 0.6) is 0 Å². The van der Waals surface area contributed by atoms with Crippen molar-refractivity contribution in [2.45, 2.75) is 33.6 Å². The Morgan fingerprint density at radius 1 is 0.789 bits per heavy atom. The maximum absolute atomic E-state index is 13.1. The summed E-state index contributed by atoms with van der Waals surface area (Å²) in [6, 6.07) is 4.63. The highest BCUT2D eigenvalue weighted by molar-refractivity contribution is 6.02. The van der Waals surface area contributed by atoms with E-state index >= 15 is 0 Å². The summed E-state index contributed by atoms with van der Waals surface area (Å²) in [6.07, 6.45) is 0.888. The molecule has 0 aromatic heterocycles. The molecule has 208 valence electrons. The zero-order chi connectivity index (χ0) is 28.8. The fourth-order valence-electron chi connectivity index (χ4n) is 3.48. The van der Waals surface area contributed by atoms with E-state index in [4.69, 9.17) is 23.7 Å². The van der Waals surface area contributed by atoms with E-state index in [1.165, 1.54) is 39.8 Å². The molecule has 0 bridgehead atoms. The third kappa shape index (κ3) is 8.39. The Balaban J connectivity index is 4.02. The zero-order valence-corrected chi connectivity index (χ0v) is 21.8. The second kappa shape index (κ2) is 15.7. The van der Waals surface area contributed by atoms with Crippen LogP contribution in [0.3, 0.4) is 0 Å². The van der Waals surface area contributed by atoms with Gasteiger partial charge < -0.3 is 23.7 Å². The van der Waals surface area contributed by atoms with Crippen LogP contribution in [0, 0.1) is 22.0 Å². The Bertz CT molecular complexity index is 1010. The average Bonchev–Trinajstić information content (AvgIpc) is 2.88. The molecular formula is C25H31NO12. The molecule has 38 heavy (non-hydrogen) atoms. The number of hydrogen-bond acceptors (Lipinski definition) is 12. The maximum atomic E-state index is 13.1. The molecule has 0 saturated carbocycles. The van der Waals surface area contributed by atoms with Gasteiger partial charge in [0.15, 0.2) is 11.8 Å². The van der Waals surface area contributed by atoms with Gasteiger partial charge in [0.2, 0.25) is 0 Å². The van der Waals surface area contributed by atoms with Gasteiger partial charge in [-0.2, -0.15) is 0 Å². The van der Waals surface area contributed by atoms with Crippen LogP contribution in [-0.2, 0) is 47.7 Å². The second-order valence-electron chi connectivity index (χ2n) is 7.40. The molecule has 0 spiro atoms. The van der Waals surface area contributed by atoms with Gasteiger partial charge in [0.25, 0.3) is 5.69 Å². The second-order valence-corrected chi connectivity index (χ2v) is 7.40. The molecule has 13 nitrogen and oxygen atoms in total. The number of nitrogens with zero attached hydrogens (tertiary/aromatic N) is 1. The summed E-state index contributed by atoms with van der Waals surface area (Å²) in [5.74, 6) is -10.5. The van der Waals surface area contributed by atoms with Crippen molar-refractivity contribution in [3.8, 4) is 0 Å². The number of ether oxygens (including phenoxy) is 5. The molecule has 0 aliphatic carbocycles. The summed E-state index contributed by atoms with van der Waals surface area (Å²) < 4.78 is 24.9. The number of hydrogen-bond donors (Lipinski definition) is 0. The average molecular weight is 538 g/mol. The summed E-state index contributed by atoms with van der Waals surface area (Å²) in [6.45, 7) is 5.53. The van der Waals surface area contributed by atoms with Crippen LogP contribution in [0.15, 0.2) is 35.9 Å². The summed E-state index contributed by atoms with van der Waals surface area (Å²) in [7, 11) is 1.01. The van der Waals surface area contributed by atoms with E-state index in [2.05, 4.69) is 0 Å². The first-order valence-electron chi connectivity index (χ1n) is 11.8. The molecular weight excluding hydrogens is 506 g/mol. The minimum atomic E-state index is -1.81. The van der Waals surface area contributed by atoms with E-state index in [1.54, 1.807) is 0 Å². The first-order valence-corrected chi connectivity index (χ1v) is 11.8. The molecule has 1 rings (SSSR count). The minimum Gasteiger partial charge on any atom is -0.466 e. The number of carbonyl (C=O) groups is 5. The Labute approximate surface area is 219 Å². The van der Waals surface area contributed by atoms with E-state index in [9.17, 15) is 34.1 Å². The topological polar surface area (TPSA) is 175 Å². The van der Waals surface area contributed by atoms with Gasteiger partial charge in [-0.05, 0) is 39.3 Å². The molecule has 0 heterocycles. The van der Waals surface area contributed by atoms with E-state index in [0.29, 0.717) is 0 Å². The molecule has 1 atom stereocenters. The lowest BCUT2D eigenvalue weighted by Crippen LogP contribution is -2.37.